The first-order valence-electron chi connectivity index (χ1n) is 7.22. The van der Waals surface area contributed by atoms with Crippen LogP contribution in [0.3, 0.4) is 0 Å². The quantitative estimate of drug-likeness (QED) is 0.396. The summed E-state index contributed by atoms with van der Waals surface area (Å²) in [5, 5.41) is 4.09. The van der Waals surface area contributed by atoms with E-state index in [9.17, 15) is 0 Å². The van der Waals surface area contributed by atoms with Crippen LogP contribution in [-0.2, 0) is 0 Å². The molecule has 0 aromatic rings. The molecule has 0 spiro atoms. The van der Waals surface area contributed by atoms with Gasteiger partial charge in [0.15, 0.2) is 0 Å². The highest BCUT2D eigenvalue weighted by Gasteiger charge is 2.58. The molecular formula is C14H20N4. The first kappa shape index (κ1) is 10.9. The molecule has 4 nitrogen and oxygen atoms in total. The molecular weight excluding hydrogens is 224 g/mol. The summed E-state index contributed by atoms with van der Waals surface area (Å²) >= 11 is 0. The van der Waals surface area contributed by atoms with Crippen molar-refractivity contribution in [2.45, 2.75) is 45.2 Å². The third kappa shape index (κ3) is 1.18. The molecule has 3 heterocycles. The zero-order valence-electron chi connectivity index (χ0n) is 11.1. The first-order valence-corrected chi connectivity index (χ1v) is 7.22. The molecule has 18 heavy (non-hydrogen) atoms. The summed E-state index contributed by atoms with van der Waals surface area (Å²) in [7, 11) is 0. The Bertz CT molecular complexity index is 476. The molecule has 3 aliphatic heterocycles. The minimum atomic E-state index is 0.444. The zero-order chi connectivity index (χ0) is 12.4. The van der Waals surface area contributed by atoms with Gasteiger partial charge in [0.25, 0.3) is 0 Å². The van der Waals surface area contributed by atoms with E-state index in [-0.39, 0.29) is 0 Å². The molecule has 4 aliphatic rings. The summed E-state index contributed by atoms with van der Waals surface area (Å²) in [6, 6.07) is 1.22. The molecule has 4 heteroatoms. The minimum Gasteiger partial charge on any atom is -0.292 e. The van der Waals surface area contributed by atoms with Crippen LogP contribution in [0.15, 0.2) is 16.4 Å². The molecule has 0 aromatic heterocycles. The number of nitrogens with zero attached hydrogens (tertiary/aromatic N) is 4. The highest BCUT2D eigenvalue weighted by molar-refractivity contribution is 5.32. The smallest absolute Gasteiger partial charge is 0.0407 e. The Morgan fingerprint density at radius 1 is 1.28 bits per heavy atom. The van der Waals surface area contributed by atoms with Gasteiger partial charge in [0.2, 0.25) is 0 Å². The van der Waals surface area contributed by atoms with Crippen LogP contribution in [0.25, 0.3) is 10.4 Å². The van der Waals surface area contributed by atoms with Gasteiger partial charge in [-0.25, -0.2) is 0 Å². The summed E-state index contributed by atoms with van der Waals surface area (Å²) in [6.07, 6.45) is 4.02. The van der Waals surface area contributed by atoms with Crippen molar-refractivity contribution in [1.82, 2.24) is 4.90 Å². The van der Waals surface area contributed by atoms with Gasteiger partial charge in [0.1, 0.15) is 0 Å². The van der Waals surface area contributed by atoms with Gasteiger partial charge in [0.05, 0.1) is 0 Å². The van der Waals surface area contributed by atoms with Gasteiger partial charge >= 0.3 is 0 Å². The maximum atomic E-state index is 8.85. The number of rotatable bonds is 1. The minimum absolute atomic E-state index is 0.444. The van der Waals surface area contributed by atoms with E-state index in [1.807, 2.05) is 0 Å². The summed E-state index contributed by atoms with van der Waals surface area (Å²) in [5.41, 5.74) is 11.3. The summed E-state index contributed by atoms with van der Waals surface area (Å²) in [4.78, 5) is 5.78. The third-order valence-corrected chi connectivity index (χ3v) is 5.99. The Morgan fingerprint density at radius 2 is 2.11 bits per heavy atom. The Balaban J connectivity index is 1.85. The van der Waals surface area contributed by atoms with Crippen LogP contribution in [0, 0.1) is 23.7 Å². The molecule has 96 valence electrons. The fraction of sp³-hybridized carbons (Fsp3) is 0.857. The summed E-state index contributed by atoms with van der Waals surface area (Å²) in [6.45, 7) is 5.79. The second-order valence-electron chi connectivity index (χ2n) is 6.80. The van der Waals surface area contributed by atoms with Gasteiger partial charge in [-0.3, -0.25) is 4.90 Å². The number of hydrogen-bond donors (Lipinski definition) is 0. The Labute approximate surface area is 108 Å². The monoisotopic (exact) mass is 244 g/mol. The number of piperidine rings is 1. The maximum absolute atomic E-state index is 8.85. The highest BCUT2D eigenvalue weighted by atomic mass is 15.3. The molecule has 1 saturated carbocycles. The van der Waals surface area contributed by atoms with Crippen LogP contribution >= 0.6 is 0 Å². The lowest BCUT2D eigenvalue weighted by molar-refractivity contribution is 0.0838. The van der Waals surface area contributed by atoms with Gasteiger partial charge in [-0.05, 0) is 55.4 Å². The normalized spacial score (nSPS) is 52.4. The Morgan fingerprint density at radius 3 is 2.89 bits per heavy atom. The molecule has 0 radical (unpaired) electrons. The van der Waals surface area contributed by atoms with Crippen LogP contribution < -0.4 is 0 Å². The van der Waals surface area contributed by atoms with Crippen molar-refractivity contribution < 1.29 is 0 Å². The van der Waals surface area contributed by atoms with Gasteiger partial charge in [0, 0.05) is 29.2 Å². The lowest BCUT2D eigenvalue weighted by atomic mass is 9.70. The molecule has 0 aromatic carbocycles. The third-order valence-electron chi connectivity index (χ3n) is 5.99. The molecule has 7 atom stereocenters. The first-order chi connectivity index (χ1) is 8.70. The summed E-state index contributed by atoms with van der Waals surface area (Å²) in [5.74, 6) is 3.11. The fourth-order valence-corrected chi connectivity index (χ4v) is 5.35. The average Bonchev–Trinajstić information content (AvgIpc) is 2.51. The zero-order valence-corrected chi connectivity index (χ0v) is 11.1. The van der Waals surface area contributed by atoms with Crippen molar-refractivity contribution in [2.24, 2.45) is 28.8 Å². The van der Waals surface area contributed by atoms with Gasteiger partial charge in [-0.1, -0.05) is 17.6 Å². The molecule has 3 fully saturated rings. The van der Waals surface area contributed by atoms with E-state index in [0.29, 0.717) is 12.0 Å². The number of azide groups is 1. The molecule has 0 N–H and O–H groups in total. The molecule has 0 amide bonds. The Kier molecular flexibility index (Phi) is 2.13. The Hall–Kier alpha value is -0.990. The van der Waals surface area contributed by atoms with Crippen molar-refractivity contribution in [3.05, 3.63) is 21.7 Å². The lowest BCUT2D eigenvalue weighted by Gasteiger charge is -2.44. The molecule has 1 unspecified atom stereocenters. The van der Waals surface area contributed by atoms with Crippen molar-refractivity contribution in [1.29, 1.82) is 0 Å². The van der Waals surface area contributed by atoms with E-state index < -0.39 is 0 Å². The summed E-state index contributed by atoms with van der Waals surface area (Å²) < 4.78 is 0. The number of fused-ring (bicyclic) bond motifs is 2. The van der Waals surface area contributed by atoms with Crippen molar-refractivity contribution in [3.8, 4) is 0 Å². The van der Waals surface area contributed by atoms with Gasteiger partial charge in [-0.2, -0.15) is 0 Å². The van der Waals surface area contributed by atoms with E-state index in [4.69, 9.17) is 5.53 Å². The second kappa shape index (κ2) is 3.52. The predicted octanol–water partition coefficient (Wildman–Crippen LogP) is 3.32. The fourth-order valence-electron chi connectivity index (χ4n) is 5.35. The molecule has 5 bridgehead atoms. The van der Waals surface area contributed by atoms with Gasteiger partial charge in [-0.15, -0.1) is 0 Å². The van der Waals surface area contributed by atoms with Gasteiger partial charge < -0.3 is 0 Å². The van der Waals surface area contributed by atoms with E-state index in [1.54, 1.807) is 0 Å². The van der Waals surface area contributed by atoms with Crippen molar-refractivity contribution in [3.63, 3.8) is 0 Å². The SMILES string of the molecule is CC1=C(N=[N+]=[N-])[C@H]2[C@@H]3C[C@@H](C)C[C@H]4[C@@H]3C[C@@H]1CN42. The van der Waals surface area contributed by atoms with Crippen LogP contribution in [-0.4, -0.2) is 23.5 Å². The highest BCUT2D eigenvalue weighted by Crippen LogP contribution is 2.58. The number of hydrogen-bond acceptors (Lipinski definition) is 2. The topological polar surface area (TPSA) is 52.0 Å². The van der Waals surface area contributed by atoms with Crippen molar-refractivity contribution >= 4 is 0 Å². The van der Waals surface area contributed by atoms with Crippen LogP contribution in [0.1, 0.15) is 33.1 Å². The lowest BCUT2D eigenvalue weighted by Crippen LogP contribution is -2.48. The van der Waals surface area contributed by atoms with E-state index in [0.717, 1.165) is 29.5 Å². The van der Waals surface area contributed by atoms with Crippen molar-refractivity contribution in [2.75, 3.05) is 6.54 Å². The van der Waals surface area contributed by atoms with Crippen LogP contribution in [0.5, 0.6) is 0 Å². The standard InChI is InChI=1S/C14H20N4/c1-7-3-11-10-5-9-6-18(12(10)4-7)14(11)13(8(9)2)16-17-15/h7,9-12,14H,3-6H2,1-2H3/t7-,9-,10-,11-,12+,14-/m1/s1. The maximum Gasteiger partial charge on any atom is 0.0407 e. The van der Waals surface area contributed by atoms with Crippen LogP contribution in [0.2, 0.25) is 0 Å². The largest absolute Gasteiger partial charge is 0.292 e. The van der Waals surface area contributed by atoms with E-state index in [1.165, 1.54) is 31.4 Å². The van der Waals surface area contributed by atoms with E-state index in [2.05, 4.69) is 28.8 Å². The second-order valence-corrected chi connectivity index (χ2v) is 6.80. The predicted molar refractivity (Wildman–Crippen MR) is 69.6 cm³/mol. The van der Waals surface area contributed by atoms with Crippen LogP contribution in [0.4, 0.5) is 0 Å². The van der Waals surface area contributed by atoms with E-state index >= 15 is 0 Å². The molecule has 4 rings (SSSR count). The molecule has 1 aliphatic carbocycles. The average molecular weight is 244 g/mol. The molecule has 2 saturated heterocycles.